The van der Waals surface area contributed by atoms with Crippen molar-refractivity contribution in [2.75, 3.05) is 29.5 Å². The van der Waals surface area contributed by atoms with Crippen molar-refractivity contribution in [2.45, 2.75) is 33.2 Å². The number of carbonyl (C=O) groups excluding carboxylic acids is 2. The molecule has 3 aromatic rings. The highest BCUT2D eigenvalue weighted by molar-refractivity contribution is 6.51. The number of anilines is 2. The first kappa shape index (κ1) is 26.9. The van der Waals surface area contributed by atoms with E-state index in [1.807, 2.05) is 32.9 Å². The van der Waals surface area contributed by atoms with Gasteiger partial charge in [0.15, 0.2) is 0 Å². The van der Waals surface area contributed by atoms with E-state index < -0.39 is 35.1 Å². The van der Waals surface area contributed by atoms with Gasteiger partial charge in [0.2, 0.25) is 0 Å². The van der Waals surface area contributed by atoms with Crippen molar-refractivity contribution in [1.82, 2.24) is 0 Å². The fourth-order valence-corrected chi connectivity index (χ4v) is 4.64. The average molecular weight is 521 g/mol. The third kappa shape index (κ3) is 5.11. The number of aliphatic hydroxyl groups excluding tert-OH is 1. The topological polar surface area (TPSA) is 70.1 Å². The first-order valence-corrected chi connectivity index (χ1v) is 12.6. The molecular formula is C30H30F2N2O4. The summed E-state index contributed by atoms with van der Waals surface area (Å²) in [4.78, 5) is 29.7. The van der Waals surface area contributed by atoms with Crippen LogP contribution < -0.4 is 14.5 Å². The van der Waals surface area contributed by atoms with Crippen molar-refractivity contribution >= 4 is 28.8 Å². The molecule has 1 aliphatic rings. The molecule has 4 rings (SSSR count). The van der Waals surface area contributed by atoms with Crippen LogP contribution in [0.1, 0.15) is 44.4 Å². The van der Waals surface area contributed by atoms with Gasteiger partial charge in [-0.2, -0.15) is 0 Å². The van der Waals surface area contributed by atoms with Crippen LogP contribution in [0, 0.1) is 11.6 Å². The summed E-state index contributed by atoms with van der Waals surface area (Å²) in [5, 5.41) is 11.3. The molecule has 198 valence electrons. The number of halogens is 2. The summed E-state index contributed by atoms with van der Waals surface area (Å²) in [6, 6.07) is 15.4. The third-order valence-electron chi connectivity index (χ3n) is 6.53. The Balaban J connectivity index is 1.89. The molecule has 1 atom stereocenters. The van der Waals surface area contributed by atoms with Crippen LogP contribution in [0.4, 0.5) is 20.2 Å². The minimum atomic E-state index is -1.14. The Labute approximate surface area is 220 Å². The number of benzene rings is 3. The van der Waals surface area contributed by atoms with Crippen LogP contribution >= 0.6 is 0 Å². The Morgan fingerprint density at radius 1 is 0.974 bits per heavy atom. The lowest BCUT2D eigenvalue weighted by Crippen LogP contribution is -2.30. The van der Waals surface area contributed by atoms with Crippen molar-refractivity contribution in [1.29, 1.82) is 0 Å². The molecule has 6 nitrogen and oxygen atoms in total. The van der Waals surface area contributed by atoms with Crippen LogP contribution in [0.15, 0.2) is 72.3 Å². The number of hydrogen-bond donors (Lipinski definition) is 1. The zero-order valence-corrected chi connectivity index (χ0v) is 21.6. The lowest BCUT2D eigenvalue weighted by Gasteiger charge is -2.27. The number of carbonyl (C=O) groups is 2. The fraction of sp³-hybridized carbons (Fsp3) is 0.267. The lowest BCUT2D eigenvalue weighted by molar-refractivity contribution is -0.132. The normalized spacial score (nSPS) is 16.7. The highest BCUT2D eigenvalue weighted by atomic mass is 19.1. The van der Waals surface area contributed by atoms with E-state index in [0.717, 1.165) is 42.2 Å². The molecule has 38 heavy (non-hydrogen) atoms. The quantitative estimate of drug-likeness (QED) is 0.206. The molecule has 0 spiro atoms. The van der Waals surface area contributed by atoms with Crippen LogP contribution in [0.3, 0.4) is 0 Å². The molecule has 1 unspecified atom stereocenters. The van der Waals surface area contributed by atoms with E-state index in [1.54, 1.807) is 36.4 Å². The molecule has 1 heterocycles. The number of nitrogens with zero attached hydrogens (tertiary/aromatic N) is 2. The second-order valence-corrected chi connectivity index (χ2v) is 8.90. The minimum absolute atomic E-state index is 0.193. The first-order valence-electron chi connectivity index (χ1n) is 12.6. The second kappa shape index (κ2) is 11.5. The highest BCUT2D eigenvalue weighted by Gasteiger charge is 2.47. The van der Waals surface area contributed by atoms with Crippen LogP contribution in [-0.4, -0.2) is 36.5 Å². The molecule has 1 amide bonds. The number of amides is 1. The van der Waals surface area contributed by atoms with E-state index in [-0.39, 0.29) is 16.8 Å². The van der Waals surface area contributed by atoms with Crippen LogP contribution in [0.2, 0.25) is 0 Å². The van der Waals surface area contributed by atoms with Gasteiger partial charge in [-0.3, -0.25) is 14.5 Å². The van der Waals surface area contributed by atoms with Gasteiger partial charge >= 0.3 is 0 Å². The van der Waals surface area contributed by atoms with E-state index in [9.17, 15) is 23.5 Å². The summed E-state index contributed by atoms with van der Waals surface area (Å²) in [5.74, 6) is -3.71. The molecule has 0 bridgehead atoms. The van der Waals surface area contributed by atoms with Gasteiger partial charge in [0.1, 0.15) is 23.1 Å². The molecule has 0 radical (unpaired) electrons. The van der Waals surface area contributed by atoms with Crippen LogP contribution in [0.5, 0.6) is 5.75 Å². The monoisotopic (exact) mass is 520 g/mol. The summed E-state index contributed by atoms with van der Waals surface area (Å²) >= 11 is 0. The number of Topliss-reactive ketones (excluding diaryl/α,β-unsaturated/α-hetero) is 1. The SMILES string of the molecule is CCCOc1cccc(/C(O)=C2\C(=O)C(=O)N(c3ccc(F)cc3F)C2c2ccc(N(CC)CC)cc2)c1. The van der Waals surface area contributed by atoms with E-state index in [1.165, 1.54) is 0 Å². The number of ether oxygens (including phenoxy) is 1. The van der Waals surface area contributed by atoms with Gasteiger partial charge in [-0.25, -0.2) is 8.78 Å². The Morgan fingerprint density at radius 3 is 2.32 bits per heavy atom. The standard InChI is InChI=1S/C30H30F2N2O4/c1-4-16-38-23-9-7-8-20(17-23)28(35)26-27(19-10-13-22(14-11-19)33(5-2)6-3)34(30(37)29(26)36)25-15-12-21(31)18-24(25)32/h7-15,17-18,27,35H,4-6,16H2,1-3H3/b28-26+. The zero-order chi connectivity index (χ0) is 27.4. The Hall–Kier alpha value is -4.20. The Bertz CT molecular complexity index is 1370. The minimum Gasteiger partial charge on any atom is -0.507 e. The van der Waals surface area contributed by atoms with E-state index in [0.29, 0.717) is 24.0 Å². The van der Waals surface area contributed by atoms with E-state index >= 15 is 0 Å². The van der Waals surface area contributed by atoms with Gasteiger partial charge in [-0.05, 0) is 62.2 Å². The number of ketones is 1. The molecule has 3 aromatic carbocycles. The van der Waals surface area contributed by atoms with Gasteiger partial charge < -0.3 is 14.7 Å². The fourth-order valence-electron chi connectivity index (χ4n) is 4.64. The van der Waals surface area contributed by atoms with Gasteiger partial charge in [-0.1, -0.05) is 31.2 Å². The summed E-state index contributed by atoms with van der Waals surface area (Å²) in [6.07, 6.45) is 0.786. The molecule has 1 fully saturated rings. The summed E-state index contributed by atoms with van der Waals surface area (Å²) in [7, 11) is 0. The van der Waals surface area contributed by atoms with Crippen molar-refractivity contribution in [3.8, 4) is 5.75 Å². The number of rotatable bonds is 9. The van der Waals surface area contributed by atoms with Gasteiger partial charge in [-0.15, -0.1) is 0 Å². The number of aliphatic hydroxyl groups is 1. The maximum atomic E-state index is 14.9. The zero-order valence-electron chi connectivity index (χ0n) is 21.6. The number of hydrogen-bond acceptors (Lipinski definition) is 5. The molecule has 0 aliphatic carbocycles. The van der Waals surface area contributed by atoms with Crippen molar-refractivity contribution in [3.63, 3.8) is 0 Å². The Morgan fingerprint density at radius 2 is 1.68 bits per heavy atom. The smallest absolute Gasteiger partial charge is 0.300 e. The average Bonchev–Trinajstić information content (AvgIpc) is 3.18. The van der Waals surface area contributed by atoms with Crippen LogP contribution in [0.25, 0.3) is 5.76 Å². The largest absolute Gasteiger partial charge is 0.507 e. The van der Waals surface area contributed by atoms with Gasteiger partial charge in [0.25, 0.3) is 11.7 Å². The third-order valence-corrected chi connectivity index (χ3v) is 6.53. The maximum absolute atomic E-state index is 14.9. The van der Waals surface area contributed by atoms with Crippen LogP contribution in [-0.2, 0) is 9.59 Å². The van der Waals surface area contributed by atoms with Crippen molar-refractivity contribution in [2.24, 2.45) is 0 Å². The molecule has 1 N–H and O–H groups in total. The molecule has 1 saturated heterocycles. The summed E-state index contributed by atoms with van der Waals surface area (Å²) < 4.78 is 34.3. The second-order valence-electron chi connectivity index (χ2n) is 8.90. The summed E-state index contributed by atoms with van der Waals surface area (Å²) in [5.41, 5.74) is 1.25. The van der Waals surface area contributed by atoms with Crippen molar-refractivity contribution in [3.05, 3.63) is 95.1 Å². The first-order chi connectivity index (χ1) is 18.3. The van der Waals surface area contributed by atoms with Crippen molar-refractivity contribution < 1.29 is 28.2 Å². The van der Waals surface area contributed by atoms with Gasteiger partial charge in [0, 0.05) is 30.4 Å². The molecule has 8 heteroatoms. The maximum Gasteiger partial charge on any atom is 0.300 e. The van der Waals surface area contributed by atoms with E-state index in [2.05, 4.69) is 4.90 Å². The molecule has 0 saturated carbocycles. The summed E-state index contributed by atoms with van der Waals surface area (Å²) in [6.45, 7) is 8.06. The molecule has 0 aromatic heterocycles. The lowest BCUT2D eigenvalue weighted by atomic mass is 9.94. The predicted octanol–water partition coefficient (Wildman–Crippen LogP) is 6.23. The Kier molecular flexibility index (Phi) is 8.10. The predicted molar refractivity (Wildman–Crippen MR) is 143 cm³/mol. The van der Waals surface area contributed by atoms with Gasteiger partial charge in [0.05, 0.1) is 23.9 Å². The highest BCUT2D eigenvalue weighted by Crippen LogP contribution is 2.43. The van der Waals surface area contributed by atoms with E-state index in [4.69, 9.17) is 4.74 Å². The molecular weight excluding hydrogens is 490 g/mol. The molecule has 1 aliphatic heterocycles.